The summed E-state index contributed by atoms with van der Waals surface area (Å²) < 4.78 is 6.84. The summed E-state index contributed by atoms with van der Waals surface area (Å²) in [5.41, 5.74) is 6.37. The van der Waals surface area contributed by atoms with Crippen LogP contribution in [0.1, 0.15) is 23.3 Å². The van der Waals surface area contributed by atoms with Gasteiger partial charge in [0.1, 0.15) is 23.4 Å². The molecule has 1 aliphatic rings. The van der Waals surface area contributed by atoms with Crippen LogP contribution in [0.2, 0.25) is 0 Å². The van der Waals surface area contributed by atoms with Gasteiger partial charge < -0.3 is 15.4 Å². The van der Waals surface area contributed by atoms with Gasteiger partial charge in [-0.15, -0.1) is 0 Å². The normalized spacial score (nSPS) is 16.0. The van der Waals surface area contributed by atoms with Gasteiger partial charge in [0.2, 0.25) is 11.8 Å². The number of hydrogen-bond acceptors (Lipinski definition) is 6. The molecule has 3 aromatic heterocycles. The van der Waals surface area contributed by atoms with E-state index in [4.69, 9.17) is 10.5 Å². The molecule has 1 unspecified atom stereocenters. The molecule has 3 aromatic rings. The fourth-order valence-electron chi connectivity index (χ4n) is 3.44. The Morgan fingerprint density at radius 3 is 2.72 bits per heavy atom. The van der Waals surface area contributed by atoms with E-state index in [9.17, 15) is 9.59 Å². The van der Waals surface area contributed by atoms with E-state index in [2.05, 4.69) is 15.0 Å². The number of pyridine rings is 2. The summed E-state index contributed by atoms with van der Waals surface area (Å²) in [7, 11) is 1.54. The Hall–Kier alpha value is -3.75. The highest BCUT2D eigenvalue weighted by molar-refractivity contribution is 5.96. The Labute approximate surface area is 167 Å². The molecule has 4 rings (SSSR count). The number of rotatable bonds is 5. The van der Waals surface area contributed by atoms with Crippen LogP contribution in [0.4, 0.5) is 0 Å². The lowest BCUT2D eigenvalue weighted by Crippen LogP contribution is -2.43. The van der Waals surface area contributed by atoms with Crippen molar-refractivity contribution < 1.29 is 14.3 Å². The first kappa shape index (κ1) is 18.6. The van der Waals surface area contributed by atoms with E-state index in [0.717, 1.165) is 6.42 Å². The topological polar surface area (TPSA) is 116 Å². The lowest BCUT2D eigenvalue weighted by Gasteiger charge is -2.20. The number of amides is 2. The van der Waals surface area contributed by atoms with Gasteiger partial charge >= 0.3 is 0 Å². The molecule has 2 N–H and O–H groups in total. The minimum atomic E-state index is -0.603. The Morgan fingerprint density at radius 1 is 1.21 bits per heavy atom. The third-order valence-corrected chi connectivity index (χ3v) is 4.87. The van der Waals surface area contributed by atoms with E-state index in [1.165, 1.54) is 4.90 Å². The van der Waals surface area contributed by atoms with Crippen molar-refractivity contribution in [3.63, 3.8) is 0 Å². The van der Waals surface area contributed by atoms with Crippen molar-refractivity contribution in [2.75, 3.05) is 13.7 Å². The van der Waals surface area contributed by atoms with Crippen LogP contribution in [-0.4, -0.2) is 55.9 Å². The SMILES string of the molecule is COc1ccc(-c2nc(C(=O)N3CCCC3C(N)=O)cn2-c2ccccn2)cn1. The number of primary amides is 1. The Kier molecular flexibility index (Phi) is 4.94. The molecule has 0 bridgehead atoms. The van der Waals surface area contributed by atoms with Gasteiger partial charge in [0.15, 0.2) is 0 Å². The van der Waals surface area contributed by atoms with Gasteiger partial charge in [-0.3, -0.25) is 14.2 Å². The molecule has 1 saturated heterocycles. The minimum Gasteiger partial charge on any atom is -0.481 e. The molecule has 0 saturated carbocycles. The largest absolute Gasteiger partial charge is 0.481 e. The second-order valence-electron chi connectivity index (χ2n) is 6.66. The summed E-state index contributed by atoms with van der Waals surface area (Å²) in [6.07, 6.45) is 6.21. The first-order valence-electron chi connectivity index (χ1n) is 9.20. The summed E-state index contributed by atoms with van der Waals surface area (Å²) in [6, 6.07) is 8.40. The Morgan fingerprint density at radius 2 is 2.07 bits per heavy atom. The molecule has 0 aliphatic carbocycles. The maximum atomic E-state index is 13.1. The summed E-state index contributed by atoms with van der Waals surface area (Å²) >= 11 is 0. The molecule has 1 atom stereocenters. The molecule has 9 nitrogen and oxygen atoms in total. The van der Waals surface area contributed by atoms with Crippen molar-refractivity contribution in [3.05, 3.63) is 54.6 Å². The van der Waals surface area contributed by atoms with Gasteiger partial charge in [0.25, 0.3) is 5.91 Å². The van der Waals surface area contributed by atoms with Crippen LogP contribution in [0, 0.1) is 0 Å². The fourth-order valence-corrected chi connectivity index (χ4v) is 3.44. The van der Waals surface area contributed by atoms with E-state index in [-0.39, 0.29) is 11.6 Å². The molecular formula is C20H20N6O3. The summed E-state index contributed by atoms with van der Waals surface area (Å²) in [6.45, 7) is 0.475. The molecule has 1 fully saturated rings. The quantitative estimate of drug-likeness (QED) is 0.702. The molecule has 4 heterocycles. The molecule has 0 aromatic carbocycles. The summed E-state index contributed by atoms with van der Waals surface area (Å²) in [5, 5.41) is 0. The summed E-state index contributed by atoms with van der Waals surface area (Å²) in [5.74, 6) is 0.764. The third-order valence-electron chi connectivity index (χ3n) is 4.87. The maximum absolute atomic E-state index is 13.1. The van der Waals surface area contributed by atoms with Crippen molar-refractivity contribution in [2.24, 2.45) is 5.73 Å². The van der Waals surface area contributed by atoms with Crippen LogP contribution in [0.3, 0.4) is 0 Å². The number of nitrogens with two attached hydrogens (primary N) is 1. The number of aromatic nitrogens is 4. The van der Waals surface area contributed by atoms with Gasteiger partial charge in [0, 0.05) is 36.8 Å². The second kappa shape index (κ2) is 7.70. The molecule has 1 aliphatic heterocycles. The van der Waals surface area contributed by atoms with Crippen molar-refractivity contribution in [1.82, 2.24) is 24.4 Å². The zero-order valence-electron chi connectivity index (χ0n) is 15.9. The number of carbonyl (C=O) groups excluding carboxylic acids is 2. The predicted octanol–water partition coefficient (Wildman–Crippen LogP) is 1.43. The average Bonchev–Trinajstić information content (AvgIpc) is 3.42. The van der Waals surface area contributed by atoms with E-state index in [0.29, 0.717) is 36.1 Å². The van der Waals surface area contributed by atoms with Crippen molar-refractivity contribution in [1.29, 1.82) is 0 Å². The first-order chi connectivity index (χ1) is 14.1. The molecule has 148 valence electrons. The monoisotopic (exact) mass is 392 g/mol. The van der Waals surface area contributed by atoms with Crippen LogP contribution in [-0.2, 0) is 4.79 Å². The smallest absolute Gasteiger partial charge is 0.274 e. The number of ether oxygens (including phenoxy) is 1. The van der Waals surface area contributed by atoms with Crippen molar-refractivity contribution >= 4 is 11.8 Å². The second-order valence-corrected chi connectivity index (χ2v) is 6.66. The van der Waals surface area contributed by atoms with Crippen LogP contribution < -0.4 is 10.5 Å². The number of carbonyl (C=O) groups is 2. The molecule has 0 radical (unpaired) electrons. The van der Waals surface area contributed by atoms with Gasteiger partial charge in [-0.05, 0) is 31.0 Å². The third kappa shape index (κ3) is 3.54. The van der Waals surface area contributed by atoms with Gasteiger partial charge in [-0.25, -0.2) is 15.0 Å². The van der Waals surface area contributed by atoms with Gasteiger partial charge in [-0.2, -0.15) is 0 Å². The number of methoxy groups -OCH3 is 1. The van der Waals surface area contributed by atoms with Crippen molar-refractivity contribution in [3.8, 4) is 23.1 Å². The predicted molar refractivity (Wildman–Crippen MR) is 104 cm³/mol. The van der Waals surface area contributed by atoms with E-state index in [1.807, 2.05) is 24.3 Å². The Balaban J connectivity index is 1.77. The number of likely N-dealkylation sites (tertiary alicyclic amines) is 1. The average molecular weight is 392 g/mol. The maximum Gasteiger partial charge on any atom is 0.274 e. The highest BCUT2D eigenvalue weighted by Crippen LogP contribution is 2.25. The summed E-state index contributed by atoms with van der Waals surface area (Å²) in [4.78, 5) is 39.4. The lowest BCUT2D eigenvalue weighted by molar-refractivity contribution is -0.121. The molecule has 0 spiro atoms. The zero-order valence-corrected chi connectivity index (χ0v) is 15.9. The first-order valence-corrected chi connectivity index (χ1v) is 9.20. The Bertz CT molecular complexity index is 1030. The number of nitrogens with zero attached hydrogens (tertiary/aromatic N) is 5. The van der Waals surface area contributed by atoms with Gasteiger partial charge in [-0.1, -0.05) is 6.07 Å². The van der Waals surface area contributed by atoms with E-state index < -0.39 is 11.9 Å². The molecule has 2 amide bonds. The zero-order chi connectivity index (χ0) is 20.4. The standard InChI is InChI=1S/C20H20N6O3/c1-29-17-8-7-13(11-23-17)19-24-14(12-26(19)16-6-2-3-9-22-16)20(28)25-10-4-5-15(25)18(21)27/h2-3,6-9,11-12,15H,4-5,10H2,1H3,(H2,21,27). The highest BCUT2D eigenvalue weighted by Gasteiger charge is 2.34. The lowest BCUT2D eigenvalue weighted by atomic mass is 10.2. The van der Waals surface area contributed by atoms with Crippen LogP contribution >= 0.6 is 0 Å². The van der Waals surface area contributed by atoms with E-state index in [1.54, 1.807) is 36.3 Å². The van der Waals surface area contributed by atoms with Crippen LogP contribution in [0.5, 0.6) is 5.88 Å². The number of imidazole rings is 1. The highest BCUT2D eigenvalue weighted by atomic mass is 16.5. The van der Waals surface area contributed by atoms with Crippen molar-refractivity contribution in [2.45, 2.75) is 18.9 Å². The van der Waals surface area contributed by atoms with Crippen LogP contribution in [0.15, 0.2) is 48.9 Å². The molecular weight excluding hydrogens is 372 g/mol. The molecule has 29 heavy (non-hydrogen) atoms. The number of hydrogen-bond donors (Lipinski definition) is 1. The van der Waals surface area contributed by atoms with E-state index >= 15 is 0 Å². The minimum absolute atomic E-state index is 0.217. The fraction of sp³-hybridized carbons (Fsp3) is 0.250. The molecule has 9 heteroatoms. The van der Waals surface area contributed by atoms with Gasteiger partial charge in [0.05, 0.1) is 7.11 Å². The van der Waals surface area contributed by atoms with Crippen LogP contribution in [0.25, 0.3) is 17.2 Å².